The van der Waals surface area contributed by atoms with Crippen molar-refractivity contribution in [2.45, 2.75) is 97.8 Å². The summed E-state index contributed by atoms with van der Waals surface area (Å²) in [5.74, 6) is 1.21. The molecule has 2 aromatic rings. The lowest BCUT2D eigenvalue weighted by Gasteiger charge is -2.16. The van der Waals surface area contributed by atoms with Crippen LogP contribution in [-0.2, 0) is 0 Å². The largest absolute Gasteiger partial charge is 0.492 e. The summed E-state index contributed by atoms with van der Waals surface area (Å²) in [6.45, 7) is 7.87. The van der Waals surface area contributed by atoms with Crippen molar-refractivity contribution in [1.82, 2.24) is 0 Å². The third-order valence-electron chi connectivity index (χ3n) is 5.93. The van der Waals surface area contributed by atoms with Gasteiger partial charge in [-0.15, -0.1) is 0 Å². The molecule has 0 saturated heterocycles. The number of hydrogen-bond acceptors (Lipinski definition) is 5. The van der Waals surface area contributed by atoms with Crippen LogP contribution in [0.3, 0.4) is 0 Å². The third-order valence-corrected chi connectivity index (χ3v) is 5.93. The Morgan fingerprint density at radius 1 is 0.694 bits per heavy atom. The molecule has 5 heteroatoms. The van der Waals surface area contributed by atoms with Gasteiger partial charge in [0.15, 0.2) is 5.75 Å². The summed E-state index contributed by atoms with van der Waals surface area (Å²) in [5, 5.41) is 0.662. The lowest BCUT2D eigenvalue weighted by atomic mass is 10.1. The second-order valence-electron chi connectivity index (χ2n) is 9.03. The summed E-state index contributed by atoms with van der Waals surface area (Å²) in [6.07, 6.45) is 21.6. The van der Waals surface area contributed by atoms with Gasteiger partial charge in [0.25, 0.3) is 0 Å². The molecule has 36 heavy (non-hydrogen) atoms. The van der Waals surface area contributed by atoms with Crippen LogP contribution in [-0.4, -0.2) is 19.8 Å². The molecular weight excluding hydrogens is 452 g/mol. The van der Waals surface area contributed by atoms with E-state index < -0.39 is 5.63 Å². The number of benzene rings is 1. The van der Waals surface area contributed by atoms with Crippen molar-refractivity contribution in [2.75, 3.05) is 19.8 Å². The van der Waals surface area contributed by atoms with Gasteiger partial charge in [0, 0.05) is 0 Å². The van der Waals surface area contributed by atoms with Crippen molar-refractivity contribution in [3.63, 3.8) is 0 Å². The van der Waals surface area contributed by atoms with Crippen molar-refractivity contribution in [1.29, 1.82) is 0 Å². The van der Waals surface area contributed by atoms with Crippen LogP contribution in [0.15, 0.2) is 51.7 Å². The van der Waals surface area contributed by atoms with E-state index in [0.717, 1.165) is 32.1 Å². The molecule has 0 aliphatic heterocycles. The van der Waals surface area contributed by atoms with Crippen molar-refractivity contribution >= 4 is 11.0 Å². The van der Waals surface area contributed by atoms with Gasteiger partial charge >= 0.3 is 5.63 Å². The molecule has 0 spiro atoms. The summed E-state index contributed by atoms with van der Waals surface area (Å²) < 4.78 is 23.9. The summed E-state index contributed by atoms with van der Waals surface area (Å²) >= 11 is 0. The topological polar surface area (TPSA) is 57.9 Å². The van der Waals surface area contributed by atoms with Gasteiger partial charge < -0.3 is 18.6 Å². The first kappa shape index (κ1) is 29.5. The first-order chi connectivity index (χ1) is 17.7. The van der Waals surface area contributed by atoms with Gasteiger partial charge in [0.05, 0.1) is 19.8 Å². The lowest BCUT2D eigenvalue weighted by Crippen LogP contribution is -2.12. The molecule has 5 nitrogen and oxygen atoms in total. The predicted molar refractivity (Wildman–Crippen MR) is 150 cm³/mol. The third kappa shape index (κ3) is 10.5. The Morgan fingerprint density at radius 2 is 1.31 bits per heavy atom. The second-order valence-corrected chi connectivity index (χ2v) is 9.03. The summed E-state index contributed by atoms with van der Waals surface area (Å²) in [7, 11) is 0. The summed E-state index contributed by atoms with van der Waals surface area (Å²) in [6, 6.07) is 5.50. The van der Waals surface area contributed by atoms with E-state index in [1.54, 1.807) is 6.07 Å². The van der Waals surface area contributed by atoms with E-state index in [1.165, 1.54) is 38.5 Å². The van der Waals surface area contributed by atoms with Crippen LogP contribution >= 0.6 is 0 Å². The Labute approximate surface area is 217 Å². The van der Waals surface area contributed by atoms with Crippen LogP contribution in [0.1, 0.15) is 97.8 Å². The maximum absolute atomic E-state index is 12.8. The zero-order valence-corrected chi connectivity index (χ0v) is 22.7. The molecule has 0 atom stereocenters. The molecule has 0 fully saturated rings. The fourth-order valence-corrected chi connectivity index (χ4v) is 4.00. The molecule has 0 aliphatic rings. The van der Waals surface area contributed by atoms with E-state index in [2.05, 4.69) is 45.1 Å². The zero-order valence-electron chi connectivity index (χ0n) is 22.7. The Balaban J connectivity index is 2.17. The molecule has 0 radical (unpaired) electrons. The molecule has 1 aromatic heterocycles. The van der Waals surface area contributed by atoms with Crippen LogP contribution in [0.4, 0.5) is 0 Å². The monoisotopic (exact) mass is 498 g/mol. The standard InChI is InChI=1S/C31H46O5/c1-4-7-10-13-14-15-16-19-24-34-29-28-26(33-23-17-11-8-5-2)21-20-22-27(28)36-31(32)30(29)35-25-18-12-9-6-3/h8-9,11-12,20-22H,4-7,10,13-19,23-25H2,1-3H3. The number of hydrogen-bond donors (Lipinski definition) is 0. The molecule has 0 N–H and O–H groups in total. The molecule has 0 unspecified atom stereocenters. The average molecular weight is 499 g/mol. The molecule has 0 bridgehead atoms. The highest BCUT2D eigenvalue weighted by Gasteiger charge is 2.21. The van der Waals surface area contributed by atoms with Gasteiger partial charge in [-0.1, -0.05) is 96.1 Å². The highest BCUT2D eigenvalue weighted by atomic mass is 16.5. The van der Waals surface area contributed by atoms with Crippen LogP contribution in [0.25, 0.3) is 11.0 Å². The smallest absolute Gasteiger partial charge is 0.383 e. The van der Waals surface area contributed by atoms with Crippen LogP contribution in [0.2, 0.25) is 0 Å². The highest BCUT2D eigenvalue weighted by Crippen LogP contribution is 2.39. The van der Waals surface area contributed by atoms with Crippen LogP contribution in [0.5, 0.6) is 17.2 Å². The van der Waals surface area contributed by atoms with Gasteiger partial charge in [-0.3, -0.25) is 0 Å². The van der Waals surface area contributed by atoms with E-state index in [0.29, 0.717) is 48.7 Å². The normalized spacial score (nSPS) is 11.6. The van der Waals surface area contributed by atoms with Gasteiger partial charge in [-0.2, -0.15) is 0 Å². The van der Waals surface area contributed by atoms with Crippen LogP contribution < -0.4 is 19.8 Å². The molecule has 1 aromatic carbocycles. The number of ether oxygens (including phenoxy) is 3. The number of rotatable bonds is 20. The van der Waals surface area contributed by atoms with Gasteiger partial charge in [-0.25, -0.2) is 4.79 Å². The van der Waals surface area contributed by atoms with Crippen molar-refractivity contribution in [2.24, 2.45) is 0 Å². The number of fused-ring (bicyclic) bond motifs is 1. The number of unbranched alkanes of at least 4 members (excludes halogenated alkanes) is 7. The van der Waals surface area contributed by atoms with Crippen molar-refractivity contribution in [3.8, 4) is 17.2 Å². The minimum atomic E-state index is -0.518. The molecule has 2 rings (SSSR count). The Kier molecular flexibility index (Phi) is 15.2. The van der Waals surface area contributed by atoms with Crippen LogP contribution in [0, 0.1) is 0 Å². The molecule has 0 aliphatic carbocycles. The van der Waals surface area contributed by atoms with Gasteiger partial charge in [0.2, 0.25) is 5.75 Å². The fraction of sp³-hybridized carbons (Fsp3) is 0.581. The second kappa shape index (κ2) is 18.6. The first-order valence-electron chi connectivity index (χ1n) is 14.0. The quantitative estimate of drug-likeness (QED) is 0.104. The van der Waals surface area contributed by atoms with Crippen molar-refractivity contribution < 1.29 is 18.6 Å². The molecule has 200 valence electrons. The van der Waals surface area contributed by atoms with E-state index in [9.17, 15) is 4.79 Å². The van der Waals surface area contributed by atoms with Gasteiger partial charge in [0.1, 0.15) is 16.7 Å². The SMILES string of the molecule is CCC=CCCOc1c(OCCCCCCCCCC)c2c(OCCC=CCC)cccc2oc1=O. The Morgan fingerprint density at radius 3 is 1.97 bits per heavy atom. The summed E-state index contributed by atoms with van der Waals surface area (Å²) in [4.78, 5) is 12.8. The molecular formula is C31H46O5. The van der Waals surface area contributed by atoms with Gasteiger partial charge in [-0.05, 0) is 44.2 Å². The fourth-order valence-electron chi connectivity index (χ4n) is 4.00. The van der Waals surface area contributed by atoms with E-state index >= 15 is 0 Å². The average Bonchev–Trinajstić information content (AvgIpc) is 2.88. The molecule has 1 heterocycles. The van der Waals surface area contributed by atoms with Crippen molar-refractivity contribution in [3.05, 3.63) is 52.9 Å². The Hall–Kier alpha value is -2.69. The minimum Gasteiger partial charge on any atom is -0.492 e. The Bertz CT molecular complexity index is 973. The summed E-state index contributed by atoms with van der Waals surface area (Å²) in [5.41, 5.74) is -0.0679. The lowest BCUT2D eigenvalue weighted by molar-refractivity contribution is 0.256. The molecule has 0 saturated carbocycles. The number of allylic oxidation sites excluding steroid dienone is 2. The maximum Gasteiger partial charge on any atom is 0.383 e. The van der Waals surface area contributed by atoms with E-state index in [1.807, 2.05) is 12.1 Å². The maximum atomic E-state index is 12.8. The van der Waals surface area contributed by atoms with E-state index in [4.69, 9.17) is 18.6 Å². The molecule has 0 amide bonds. The minimum absolute atomic E-state index is 0.133. The van der Waals surface area contributed by atoms with E-state index in [-0.39, 0.29) is 5.75 Å². The first-order valence-corrected chi connectivity index (χ1v) is 14.0. The highest BCUT2D eigenvalue weighted by molar-refractivity contribution is 5.91. The zero-order chi connectivity index (χ0) is 25.8. The predicted octanol–water partition coefficient (Wildman–Crippen LogP) is 8.78.